The highest BCUT2D eigenvalue weighted by Gasteiger charge is 2.41. The largest absolute Gasteiger partial charge is 0.497 e. The van der Waals surface area contributed by atoms with E-state index in [1.807, 2.05) is 24.3 Å². The van der Waals surface area contributed by atoms with Gasteiger partial charge in [0.25, 0.3) is 0 Å². The summed E-state index contributed by atoms with van der Waals surface area (Å²) in [6.07, 6.45) is 4.66. The molecule has 1 aliphatic rings. The predicted octanol–water partition coefficient (Wildman–Crippen LogP) is 2.78. The number of carbonyl (C=O) groups is 1. The third kappa shape index (κ3) is 3.19. The zero-order valence-electron chi connectivity index (χ0n) is 13.1. The van der Waals surface area contributed by atoms with Crippen molar-refractivity contribution in [2.75, 3.05) is 25.6 Å². The first-order valence-corrected chi connectivity index (χ1v) is 7.68. The fourth-order valence-electron chi connectivity index (χ4n) is 2.96. The van der Waals surface area contributed by atoms with Crippen LogP contribution in [-0.2, 0) is 14.9 Å². The lowest BCUT2D eigenvalue weighted by Gasteiger charge is -2.36. The number of carbonyl (C=O) groups excluding carboxylic acids is 1. The van der Waals surface area contributed by atoms with Crippen LogP contribution in [0.4, 0.5) is 5.69 Å². The molecule has 0 saturated carbocycles. The van der Waals surface area contributed by atoms with Crippen LogP contribution in [0.25, 0.3) is 0 Å². The fraction of sp³-hybridized carbons (Fsp3) is 0.333. The van der Waals surface area contributed by atoms with Crippen molar-refractivity contribution < 1.29 is 14.3 Å². The Bertz CT molecular complexity index is 650. The third-order valence-corrected chi connectivity index (χ3v) is 4.36. The van der Waals surface area contributed by atoms with E-state index in [2.05, 4.69) is 10.3 Å². The summed E-state index contributed by atoms with van der Waals surface area (Å²) in [6, 6.07) is 11.3. The zero-order chi connectivity index (χ0) is 16.1. The van der Waals surface area contributed by atoms with Gasteiger partial charge in [0.2, 0.25) is 5.91 Å². The van der Waals surface area contributed by atoms with E-state index in [0.717, 1.165) is 17.0 Å². The second-order valence-electron chi connectivity index (χ2n) is 5.61. The first-order chi connectivity index (χ1) is 11.2. The molecule has 1 N–H and O–H groups in total. The molecule has 0 spiro atoms. The highest BCUT2D eigenvalue weighted by Crippen LogP contribution is 2.36. The molecule has 0 bridgehead atoms. The van der Waals surface area contributed by atoms with E-state index in [1.165, 1.54) is 0 Å². The summed E-state index contributed by atoms with van der Waals surface area (Å²) in [5, 5.41) is 3.01. The molecule has 2 aromatic rings. The summed E-state index contributed by atoms with van der Waals surface area (Å²) in [5.74, 6) is 0.780. The van der Waals surface area contributed by atoms with Gasteiger partial charge in [0.15, 0.2) is 0 Å². The molecular formula is C18H20N2O3. The molecule has 1 fully saturated rings. The maximum Gasteiger partial charge on any atom is 0.235 e. The summed E-state index contributed by atoms with van der Waals surface area (Å²) in [7, 11) is 1.63. The minimum absolute atomic E-state index is 0.00262. The van der Waals surface area contributed by atoms with E-state index in [-0.39, 0.29) is 5.91 Å². The molecule has 5 heteroatoms. The number of methoxy groups -OCH3 is 1. The van der Waals surface area contributed by atoms with Crippen molar-refractivity contribution >= 4 is 11.6 Å². The molecule has 1 amide bonds. The first-order valence-electron chi connectivity index (χ1n) is 7.68. The van der Waals surface area contributed by atoms with Crippen LogP contribution in [-0.4, -0.2) is 31.2 Å². The van der Waals surface area contributed by atoms with Crippen molar-refractivity contribution in [3.8, 4) is 5.75 Å². The van der Waals surface area contributed by atoms with Gasteiger partial charge in [-0.2, -0.15) is 0 Å². The van der Waals surface area contributed by atoms with Crippen molar-refractivity contribution in [3.05, 3.63) is 54.4 Å². The van der Waals surface area contributed by atoms with Crippen LogP contribution < -0.4 is 10.1 Å². The molecule has 23 heavy (non-hydrogen) atoms. The average molecular weight is 312 g/mol. The van der Waals surface area contributed by atoms with Gasteiger partial charge in [-0.05, 0) is 42.7 Å². The maximum atomic E-state index is 13.0. The maximum absolute atomic E-state index is 13.0. The lowest BCUT2D eigenvalue weighted by Crippen LogP contribution is -2.44. The molecule has 120 valence electrons. The molecule has 0 unspecified atom stereocenters. The summed E-state index contributed by atoms with van der Waals surface area (Å²) in [4.78, 5) is 17.0. The Morgan fingerprint density at radius 1 is 1.13 bits per heavy atom. The van der Waals surface area contributed by atoms with Crippen LogP contribution in [0, 0.1) is 0 Å². The molecule has 1 aromatic heterocycles. The molecule has 1 aromatic carbocycles. The van der Waals surface area contributed by atoms with Crippen molar-refractivity contribution in [1.29, 1.82) is 0 Å². The summed E-state index contributed by atoms with van der Waals surface area (Å²) < 4.78 is 10.7. The quantitative estimate of drug-likeness (QED) is 0.943. The van der Waals surface area contributed by atoms with Crippen LogP contribution >= 0.6 is 0 Å². The van der Waals surface area contributed by atoms with Gasteiger partial charge in [0.1, 0.15) is 5.75 Å². The Labute approximate surface area is 135 Å². The van der Waals surface area contributed by atoms with Gasteiger partial charge in [-0.25, -0.2) is 0 Å². The highest BCUT2D eigenvalue weighted by molar-refractivity contribution is 5.99. The van der Waals surface area contributed by atoms with Gasteiger partial charge in [-0.15, -0.1) is 0 Å². The molecule has 2 heterocycles. The second kappa shape index (κ2) is 6.79. The Kier molecular flexibility index (Phi) is 4.57. The topological polar surface area (TPSA) is 60.5 Å². The molecular weight excluding hydrogens is 292 g/mol. The van der Waals surface area contributed by atoms with E-state index < -0.39 is 5.41 Å². The molecule has 5 nitrogen and oxygen atoms in total. The Hall–Kier alpha value is -2.40. The number of nitrogens with one attached hydrogen (secondary N) is 1. The van der Waals surface area contributed by atoms with Crippen LogP contribution in [0.5, 0.6) is 5.75 Å². The minimum atomic E-state index is -0.576. The Balaban J connectivity index is 1.90. The zero-order valence-corrected chi connectivity index (χ0v) is 13.1. The van der Waals surface area contributed by atoms with Crippen LogP contribution in [0.1, 0.15) is 18.4 Å². The number of benzene rings is 1. The Morgan fingerprint density at radius 2 is 1.78 bits per heavy atom. The standard InChI is InChI=1S/C18H20N2O3/c1-22-16-4-2-14(3-5-16)18(8-12-23-13-9-18)17(21)20-15-6-10-19-11-7-15/h2-7,10-11H,8-9,12-13H2,1H3,(H,19,20,21). The van der Waals surface area contributed by atoms with Gasteiger partial charge in [-0.3, -0.25) is 9.78 Å². The van der Waals surface area contributed by atoms with E-state index in [0.29, 0.717) is 26.1 Å². The lowest BCUT2D eigenvalue weighted by atomic mass is 9.73. The van der Waals surface area contributed by atoms with E-state index >= 15 is 0 Å². The molecule has 3 rings (SSSR count). The first kappa shape index (κ1) is 15.5. The number of rotatable bonds is 4. The van der Waals surface area contributed by atoms with Crippen LogP contribution in [0.3, 0.4) is 0 Å². The number of hydrogen-bond acceptors (Lipinski definition) is 4. The number of amides is 1. The van der Waals surface area contributed by atoms with Gasteiger partial charge in [-0.1, -0.05) is 12.1 Å². The summed E-state index contributed by atoms with van der Waals surface area (Å²) in [6.45, 7) is 1.16. The Morgan fingerprint density at radius 3 is 2.39 bits per heavy atom. The van der Waals surface area contributed by atoms with Crippen molar-refractivity contribution in [2.45, 2.75) is 18.3 Å². The van der Waals surface area contributed by atoms with Gasteiger partial charge in [0.05, 0.1) is 12.5 Å². The van der Waals surface area contributed by atoms with Crippen molar-refractivity contribution in [1.82, 2.24) is 4.98 Å². The van der Waals surface area contributed by atoms with E-state index in [1.54, 1.807) is 31.6 Å². The van der Waals surface area contributed by atoms with Crippen LogP contribution in [0.2, 0.25) is 0 Å². The van der Waals surface area contributed by atoms with Crippen molar-refractivity contribution in [2.24, 2.45) is 0 Å². The highest BCUT2D eigenvalue weighted by atomic mass is 16.5. The molecule has 0 atom stereocenters. The lowest BCUT2D eigenvalue weighted by molar-refractivity contribution is -0.125. The van der Waals surface area contributed by atoms with Gasteiger partial charge < -0.3 is 14.8 Å². The van der Waals surface area contributed by atoms with E-state index in [9.17, 15) is 4.79 Å². The average Bonchev–Trinajstić information content (AvgIpc) is 2.63. The number of pyridine rings is 1. The number of nitrogens with zero attached hydrogens (tertiary/aromatic N) is 1. The summed E-state index contributed by atoms with van der Waals surface area (Å²) in [5.41, 5.74) is 1.17. The minimum Gasteiger partial charge on any atom is -0.497 e. The molecule has 0 aliphatic carbocycles. The molecule has 0 radical (unpaired) electrons. The number of anilines is 1. The third-order valence-electron chi connectivity index (χ3n) is 4.36. The number of aromatic nitrogens is 1. The fourth-order valence-corrected chi connectivity index (χ4v) is 2.96. The normalized spacial score (nSPS) is 16.6. The molecule has 1 saturated heterocycles. The second-order valence-corrected chi connectivity index (χ2v) is 5.61. The number of hydrogen-bond donors (Lipinski definition) is 1. The summed E-state index contributed by atoms with van der Waals surface area (Å²) >= 11 is 0. The predicted molar refractivity (Wildman–Crippen MR) is 87.6 cm³/mol. The van der Waals surface area contributed by atoms with Crippen LogP contribution in [0.15, 0.2) is 48.8 Å². The monoisotopic (exact) mass is 312 g/mol. The van der Waals surface area contributed by atoms with Gasteiger partial charge >= 0.3 is 0 Å². The SMILES string of the molecule is COc1ccc(C2(C(=O)Nc3ccncc3)CCOCC2)cc1. The smallest absolute Gasteiger partial charge is 0.235 e. The number of ether oxygens (including phenoxy) is 2. The molecule has 1 aliphatic heterocycles. The van der Waals surface area contributed by atoms with Crippen molar-refractivity contribution in [3.63, 3.8) is 0 Å². The van der Waals surface area contributed by atoms with Gasteiger partial charge in [0, 0.05) is 31.3 Å². The van der Waals surface area contributed by atoms with E-state index in [4.69, 9.17) is 9.47 Å².